The van der Waals surface area contributed by atoms with Gasteiger partial charge in [0, 0.05) is 0 Å². The van der Waals surface area contributed by atoms with Gasteiger partial charge in [-0.2, -0.15) is 0 Å². The summed E-state index contributed by atoms with van der Waals surface area (Å²) >= 11 is 0. The second kappa shape index (κ2) is 42.9. The van der Waals surface area contributed by atoms with Crippen molar-refractivity contribution in [3.63, 3.8) is 0 Å². The molecule has 0 amide bonds. The Morgan fingerprint density at radius 1 is 0.260 bits per heavy atom. The minimum absolute atomic E-state index is 0. The number of rotatable bonds is 12. The van der Waals surface area contributed by atoms with E-state index in [9.17, 15) is 86.1 Å². The second-order valence-corrected chi connectivity index (χ2v) is 12.7. The van der Waals surface area contributed by atoms with Crippen molar-refractivity contribution >= 4 is 46.9 Å². The molecule has 0 aromatic carbocycles. The molecule has 0 heterocycles. The Morgan fingerprint density at radius 2 is 0.320 bits per heavy atom. The molecule has 1 aliphatic rings. The van der Waals surface area contributed by atoms with Crippen molar-refractivity contribution in [1.29, 1.82) is 0 Å². The van der Waals surface area contributed by atoms with E-state index in [0.29, 0.717) is 0 Å². The number of phosphoric ester groups is 6. The Balaban J connectivity index is -0.0000000771. The molecule has 0 radical (unpaired) electrons. The van der Waals surface area contributed by atoms with Crippen LogP contribution in [0.1, 0.15) is 7.43 Å². The third-order valence-electron chi connectivity index (χ3n) is 3.45. The maximum absolute atomic E-state index is 11.1. The first-order valence-electron chi connectivity index (χ1n) is 7.80. The Hall–Kier alpha value is 12.6. The van der Waals surface area contributed by atoms with E-state index in [-0.39, 0.29) is 368 Å². The van der Waals surface area contributed by atoms with Crippen LogP contribution < -0.4 is 413 Å². The standard InChI is InChI=1S/C6H18O24P6.CH4.12Na.H2O/c7-31(8,9)25-1-2(26-32(10,11)12)4(28-34(16,17)18)6(30-36(22,23)24)5(29-35(19,20)21)3(1)27-33(13,14)15;;;;;;;;;;;;;;/h1-6H,(H2,7,8,9)(H2,10,11,12)(H2,13,14,15)(H2,16,17,18)(H2,19,20,21)(H2,22,23,24);1H4;;;;;;;;;;;;;1H2/q;;12*+1;/p-12. The van der Waals surface area contributed by atoms with E-state index in [4.69, 9.17) is 0 Å². The fraction of sp³-hybridized carbons (Fsp3) is 1.00. The van der Waals surface area contributed by atoms with Crippen LogP contribution in [0.2, 0.25) is 0 Å². The van der Waals surface area contributed by atoms with Crippen LogP contribution in [0.15, 0.2) is 0 Å². The summed E-state index contributed by atoms with van der Waals surface area (Å²) in [5.74, 6) is 0. The molecule has 0 bridgehead atoms. The SMILES string of the molecule is C.O.O=P([O-])([O-])OC1C(OP(=O)([O-])[O-])C(OP(=O)([O-])[O-])C(OP(=O)([O-])[O-])C(OP(=O)([O-])[O-])C1OP(=O)([O-])[O-].[Na+].[Na+].[Na+].[Na+].[Na+].[Na+].[Na+].[Na+].[Na+].[Na+].[Na+].[Na+]. The van der Waals surface area contributed by atoms with E-state index >= 15 is 0 Å². The zero-order chi connectivity index (χ0) is 28.7. The summed E-state index contributed by atoms with van der Waals surface area (Å²) in [6.45, 7) is 0. The summed E-state index contributed by atoms with van der Waals surface area (Å²) in [4.78, 5) is 133. The average molecular weight is 958 g/mol. The molecule has 0 aliphatic heterocycles. The molecule has 0 atom stereocenters. The molecule has 1 saturated carbocycles. The molecule has 1 rings (SSSR count). The summed E-state index contributed by atoms with van der Waals surface area (Å²) in [5, 5.41) is 0. The van der Waals surface area contributed by atoms with E-state index < -0.39 is 83.6 Å². The minimum Gasteiger partial charge on any atom is -0.790 e. The van der Waals surface area contributed by atoms with Gasteiger partial charge in [0.05, 0.1) is 46.9 Å². The van der Waals surface area contributed by atoms with Crippen molar-refractivity contribution in [1.82, 2.24) is 0 Å². The van der Waals surface area contributed by atoms with E-state index in [0.717, 1.165) is 0 Å². The van der Waals surface area contributed by atoms with Gasteiger partial charge in [-0.15, -0.1) is 0 Å². The van der Waals surface area contributed by atoms with Crippen LogP contribution in [0.5, 0.6) is 0 Å². The third kappa shape index (κ3) is 48.6. The predicted molar refractivity (Wildman–Crippen MR) is 85.2 cm³/mol. The maximum Gasteiger partial charge on any atom is 1.00 e. The largest absolute Gasteiger partial charge is 1.00 e. The Morgan fingerprint density at radius 3 is 0.360 bits per heavy atom. The quantitative estimate of drug-likeness (QED) is 0.129. The van der Waals surface area contributed by atoms with Crippen LogP contribution in [-0.2, 0) is 54.5 Å². The molecule has 1 fully saturated rings. The predicted octanol–water partition coefficient (Wildman–Crippen LogP) is -46.9. The molecule has 0 saturated heterocycles. The van der Waals surface area contributed by atoms with Crippen LogP contribution in [0.3, 0.4) is 0 Å². The van der Waals surface area contributed by atoms with Crippen LogP contribution in [0, 0.1) is 0 Å². The maximum atomic E-state index is 11.1. The van der Waals surface area contributed by atoms with Gasteiger partial charge in [0.25, 0.3) is 0 Å². The molecule has 232 valence electrons. The Bertz CT molecular complexity index is 861. The van der Waals surface area contributed by atoms with E-state index in [1.165, 1.54) is 0 Å². The molecular formula is C7H12Na12O25P6. The molecule has 43 heteroatoms. The van der Waals surface area contributed by atoms with Gasteiger partial charge in [0.1, 0.15) is 36.6 Å². The summed E-state index contributed by atoms with van der Waals surface area (Å²) in [6, 6.07) is 0. The van der Waals surface area contributed by atoms with Crippen molar-refractivity contribution in [2.75, 3.05) is 0 Å². The molecule has 0 unspecified atom stereocenters. The summed E-state index contributed by atoms with van der Waals surface area (Å²) in [5.41, 5.74) is 0. The molecule has 0 aromatic heterocycles. The summed E-state index contributed by atoms with van der Waals surface area (Å²) in [7, 11) is -40.1. The summed E-state index contributed by atoms with van der Waals surface area (Å²) < 4.78 is 88.3. The van der Waals surface area contributed by atoms with Crippen LogP contribution in [0.4, 0.5) is 0 Å². The molecule has 1 aliphatic carbocycles. The smallest absolute Gasteiger partial charge is 0.790 e. The molecule has 25 nitrogen and oxygen atoms in total. The van der Waals surface area contributed by atoms with Crippen molar-refractivity contribution in [2.24, 2.45) is 0 Å². The third-order valence-corrected chi connectivity index (χ3v) is 6.46. The molecular weight excluding hydrogens is 946 g/mol. The average Bonchev–Trinajstić information content (AvgIpc) is 2.51. The Kier molecular flexibility index (Phi) is 86.4. The van der Waals surface area contributed by atoms with E-state index in [1.807, 2.05) is 0 Å². The van der Waals surface area contributed by atoms with Gasteiger partial charge in [-0.25, -0.2) is 0 Å². The van der Waals surface area contributed by atoms with Crippen LogP contribution in [0.25, 0.3) is 0 Å². The molecule has 50 heavy (non-hydrogen) atoms. The van der Waals surface area contributed by atoms with E-state index in [1.54, 1.807) is 0 Å². The van der Waals surface area contributed by atoms with Crippen molar-refractivity contribution < 1.29 is 473 Å². The van der Waals surface area contributed by atoms with Crippen molar-refractivity contribution in [3.8, 4) is 0 Å². The first-order valence-corrected chi connectivity index (χ1v) is 16.6. The fourth-order valence-electron chi connectivity index (χ4n) is 2.74. The van der Waals surface area contributed by atoms with Gasteiger partial charge in [0.2, 0.25) is 0 Å². The first-order chi connectivity index (χ1) is 15.6. The van der Waals surface area contributed by atoms with Gasteiger partial charge in [-0.3, -0.25) is 0 Å². The first kappa shape index (κ1) is 101. The number of hydrogen-bond acceptors (Lipinski definition) is 24. The normalized spacial score (nSPS) is 21.1. The minimum atomic E-state index is -6.68. The van der Waals surface area contributed by atoms with Crippen molar-refractivity contribution in [2.45, 2.75) is 44.1 Å². The van der Waals surface area contributed by atoms with Crippen LogP contribution in [-0.4, -0.2) is 42.1 Å². The van der Waals surface area contributed by atoms with Gasteiger partial charge >= 0.3 is 355 Å². The molecule has 0 aromatic rings. The molecule has 0 spiro atoms. The zero-order valence-corrected chi connectivity index (χ0v) is 57.8. The van der Waals surface area contributed by atoms with Gasteiger partial charge < -0.3 is 119 Å². The zero-order valence-electron chi connectivity index (χ0n) is 28.4. The van der Waals surface area contributed by atoms with Crippen LogP contribution >= 0.6 is 46.9 Å². The van der Waals surface area contributed by atoms with Gasteiger partial charge in [0.15, 0.2) is 0 Å². The monoisotopic (exact) mass is 958 g/mol. The topological polar surface area (TPSA) is 466 Å². The van der Waals surface area contributed by atoms with Crippen molar-refractivity contribution in [3.05, 3.63) is 0 Å². The number of phosphoric acid groups is 6. The summed E-state index contributed by atoms with van der Waals surface area (Å²) in [6.07, 6.45) is -21.5. The van der Waals surface area contributed by atoms with E-state index in [2.05, 4.69) is 27.1 Å². The van der Waals surface area contributed by atoms with Gasteiger partial charge in [-0.05, 0) is 0 Å². The fourth-order valence-corrected chi connectivity index (χ4v) is 5.96. The number of hydrogen-bond donors (Lipinski definition) is 0. The molecule has 2 N–H and O–H groups in total. The van der Waals surface area contributed by atoms with Gasteiger partial charge in [-0.1, -0.05) is 7.43 Å². The second-order valence-electron chi connectivity index (χ2n) is 6.10. The Labute approximate surface area is 551 Å².